The molecule has 0 aliphatic heterocycles. The lowest BCUT2D eigenvalue weighted by Crippen LogP contribution is -2.11. The van der Waals surface area contributed by atoms with Crippen LogP contribution in [0.4, 0.5) is 4.39 Å². The van der Waals surface area contributed by atoms with Gasteiger partial charge in [0.25, 0.3) is 0 Å². The summed E-state index contributed by atoms with van der Waals surface area (Å²) in [4.78, 5) is 0.333. The van der Waals surface area contributed by atoms with Crippen molar-refractivity contribution < 1.29 is 4.39 Å². The molecular weight excluding hydrogens is 231 g/mol. The van der Waals surface area contributed by atoms with Gasteiger partial charge in [0, 0.05) is 16.7 Å². The molecule has 1 saturated carbocycles. The monoisotopic (exact) mass is 240 g/mol. The zero-order chi connectivity index (χ0) is 9.00. The van der Waals surface area contributed by atoms with Crippen LogP contribution in [-0.2, 0) is 0 Å². The number of rotatable bonds is 0. The third kappa shape index (κ3) is 0.899. The lowest BCUT2D eigenvalue weighted by molar-refractivity contribution is 0.304. The molecule has 0 amide bonds. The first-order valence-corrected chi connectivity index (χ1v) is 5.57. The van der Waals surface area contributed by atoms with E-state index in [4.69, 9.17) is 0 Å². The molecule has 0 spiro atoms. The van der Waals surface area contributed by atoms with Crippen LogP contribution in [0.3, 0.4) is 0 Å². The first kappa shape index (κ1) is 7.98. The normalized spacial score (nSPS) is 40.8. The van der Waals surface area contributed by atoms with Crippen molar-refractivity contribution in [1.82, 2.24) is 0 Å². The fraction of sp³-hybridized carbons (Fsp3) is 0.455. The average Bonchev–Trinajstić information content (AvgIpc) is 2.56. The lowest BCUT2D eigenvalue weighted by atomic mass is 9.91. The van der Waals surface area contributed by atoms with Crippen LogP contribution in [0, 0.1) is 0 Å². The van der Waals surface area contributed by atoms with Gasteiger partial charge >= 0.3 is 0 Å². The first-order valence-electron chi connectivity index (χ1n) is 4.66. The molecule has 68 valence electrons. The summed E-state index contributed by atoms with van der Waals surface area (Å²) in [5, 5.41) is 0. The fourth-order valence-electron chi connectivity index (χ4n) is 2.79. The molecule has 0 heterocycles. The van der Waals surface area contributed by atoms with E-state index in [2.05, 4.69) is 28.1 Å². The molecule has 0 saturated heterocycles. The minimum atomic E-state index is -0.635. The Hall–Kier alpha value is -0.370. The van der Waals surface area contributed by atoms with Crippen LogP contribution in [0.25, 0.3) is 0 Å². The maximum atomic E-state index is 13.5. The van der Waals surface area contributed by atoms with Gasteiger partial charge in [0.1, 0.15) is 6.17 Å². The van der Waals surface area contributed by atoms with Crippen molar-refractivity contribution in [3.05, 3.63) is 35.4 Å². The number of halogens is 2. The Bertz CT molecular complexity index is 350. The summed E-state index contributed by atoms with van der Waals surface area (Å²) in [6.07, 6.45) is 0.0710. The number of benzene rings is 1. The van der Waals surface area contributed by atoms with E-state index >= 15 is 0 Å². The van der Waals surface area contributed by atoms with E-state index in [-0.39, 0.29) is 5.92 Å². The molecule has 2 heteroatoms. The fourth-order valence-corrected chi connectivity index (χ4v) is 3.90. The summed E-state index contributed by atoms with van der Waals surface area (Å²) in [6.45, 7) is 0. The Kier molecular flexibility index (Phi) is 1.58. The highest BCUT2D eigenvalue weighted by atomic mass is 79.9. The number of alkyl halides is 2. The van der Waals surface area contributed by atoms with Crippen molar-refractivity contribution in [3.63, 3.8) is 0 Å². The van der Waals surface area contributed by atoms with Crippen LogP contribution in [0.5, 0.6) is 0 Å². The van der Waals surface area contributed by atoms with Crippen molar-refractivity contribution in [2.45, 2.75) is 29.3 Å². The zero-order valence-corrected chi connectivity index (χ0v) is 8.67. The van der Waals surface area contributed by atoms with Crippen LogP contribution in [0.2, 0.25) is 0 Å². The van der Waals surface area contributed by atoms with Crippen LogP contribution in [0.1, 0.15) is 29.4 Å². The molecule has 2 bridgehead atoms. The first-order chi connectivity index (χ1) is 6.29. The van der Waals surface area contributed by atoms with Gasteiger partial charge in [0.2, 0.25) is 0 Å². The van der Waals surface area contributed by atoms with Crippen LogP contribution >= 0.6 is 15.9 Å². The average molecular weight is 241 g/mol. The minimum absolute atomic E-state index is 0.112. The summed E-state index contributed by atoms with van der Waals surface area (Å²) in [7, 11) is 0. The highest BCUT2D eigenvalue weighted by molar-refractivity contribution is 9.09. The standard InChI is InChI=1S/C11H10BrF/c12-11-8-5-9(13)10(11)7-4-2-1-3-6(7)8/h1-4,8-11H,5H2/t8-,9+,10-,11?/m1/s1. The van der Waals surface area contributed by atoms with Crippen LogP contribution in [0.15, 0.2) is 24.3 Å². The number of hydrogen-bond donors (Lipinski definition) is 0. The molecule has 2 aliphatic rings. The molecule has 1 aromatic carbocycles. The van der Waals surface area contributed by atoms with Crippen LogP contribution in [-0.4, -0.2) is 11.0 Å². The summed E-state index contributed by atoms with van der Waals surface area (Å²) in [6, 6.07) is 8.26. The molecule has 3 rings (SSSR count). The summed E-state index contributed by atoms with van der Waals surface area (Å²) in [5.74, 6) is 0.525. The molecule has 1 aromatic rings. The third-order valence-corrected chi connectivity index (χ3v) is 4.56. The molecule has 0 nitrogen and oxygen atoms in total. The van der Waals surface area contributed by atoms with E-state index in [0.717, 1.165) is 0 Å². The minimum Gasteiger partial charge on any atom is -0.247 e. The van der Waals surface area contributed by atoms with Gasteiger partial charge in [-0.2, -0.15) is 0 Å². The maximum absolute atomic E-state index is 13.5. The summed E-state index contributed by atoms with van der Waals surface area (Å²) in [5.41, 5.74) is 2.59. The molecule has 4 atom stereocenters. The molecule has 0 N–H and O–H groups in total. The summed E-state index contributed by atoms with van der Waals surface area (Å²) < 4.78 is 13.5. The highest BCUT2D eigenvalue weighted by Crippen LogP contribution is 2.57. The molecule has 13 heavy (non-hydrogen) atoms. The Morgan fingerprint density at radius 1 is 1.23 bits per heavy atom. The predicted octanol–water partition coefficient (Wildman–Crippen LogP) is 3.37. The number of hydrogen-bond acceptors (Lipinski definition) is 0. The second-order valence-corrected chi connectivity index (χ2v) is 5.01. The quantitative estimate of drug-likeness (QED) is 0.611. The lowest BCUT2D eigenvalue weighted by Gasteiger charge is -2.17. The van der Waals surface area contributed by atoms with E-state index < -0.39 is 6.17 Å². The van der Waals surface area contributed by atoms with E-state index in [0.29, 0.717) is 17.2 Å². The van der Waals surface area contributed by atoms with Crippen molar-refractivity contribution in [3.8, 4) is 0 Å². The second kappa shape index (κ2) is 2.57. The Labute approximate surface area is 85.3 Å². The van der Waals surface area contributed by atoms with Gasteiger partial charge in [0.05, 0.1) is 0 Å². The van der Waals surface area contributed by atoms with Gasteiger partial charge in [-0.3, -0.25) is 0 Å². The van der Waals surface area contributed by atoms with E-state index in [1.807, 2.05) is 12.1 Å². The van der Waals surface area contributed by atoms with Gasteiger partial charge in [-0.1, -0.05) is 40.2 Å². The van der Waals surface area contributed by atoms with E-state index in [9.17, 15) is 4.39 Å². The molecule has 2 aliphatic carbocycles. The third-order valence-electron chi connectivity index (χ3n) is 3.35. The maximum Gasteiger partial charge on any atom is 0.109 e. The van der Waals surface area contributed by atoms with Gasteiger partial charge in [-0.05, 0) is 17.5 Å². The Balaban J connectivity index is 2.18. The largest absolute Gasteiger partial charge is 0.247 e. The SMILES string of the molecule is F[C@H]1C[C@@H]2c3ccccc3[C@H]1C2Br. The van der Waals surface area contributed by atoms with Crippen molar-refractivity contribution in [1.29, 1.82) is 0 Å². The Morgan fingerprint density at radius 2 is 1.92 bits per heavy atom. The Morgan fingerprint density at radius 3 is 2.69 bits per heavy atom. The summed E-state index contributed by atoms with van der Waals surface area (Å²) >= 11 is 3.61. The van der Waals surface area contributed by atoms with Crippen molar-refractivity contribution in [2.24, 2.45) is 0 Å². The molecule has 1 fully saturated rings. The molecule has 1 unspecified atom stereocenters. The highest BCUT2D eigenvalue weighted by Gasteiger charge is 2.50. The molecule has 0 radical (unpaired) electrons. The van der Waals surface area contributed by atoms with E-state index in [1.54, 1.807) is 0 Å². The second-order valence-electron chi connectivity index (χ2n) is 3.96. The predicted molar refractivity (Wildman–Crippen MR) is 54.2 cm³/mol. The van der Waals surface area contributed by atoms with Crippen molar-refractivity contribution in [2.75, 3.05) is 0 Å². The van der Waals surface area contributed by atoms with Gasteiger partial charge in [-0.25, -0.2) is 4.39 Å². The topological polar surface area (TPSA) is 0 Å². The van der Waals surface area contributed by atoms with Gasteiger partial charge < -0.3 is 0 Å². The zero-order valence-electron chi connectivity index (χ0n) is 7.08. The molecule has 0 aromatic heterocycles. The van der Waals surface area contributed by atoms with Gasteiger partial charge in [-0.15, -0.1) is 0 Å². The van der Waals surface area contributed by atoms with Crippen LogP contribution < -0.4 is 0 Å². The molecular formula is C11H10BrF. The van der Waals surface area contributed by atoms with E-state index in [1.165, 1.54) is 11.1 Å². The van der Waals surface area contributed by atoms with Crippen molar-refractivity contribution >= 4 is 15.9 Å². The van der Waals surface area contributed by atoms with Gasteiger partial charge in [0.15, 0.2) is 0 Å². The smallest absolute Gasteiger partial charge is 0.109 e. The number of fused-ring (bicyclic) bond motifs is 5.